The van der Waals surface area contributed by atoms with Gasteiger partial charge in [0.1, 0.15) is 0 Å². The molecular weight excluding hydrogens is 306 g/mol. The van der Waals surface area contributed by atoms with E-state index in [2.05, 4.69) is 0 Å². The second kappa shape index (κ2) is 4.25. The Morgan fingerprint density at radius 2 is 0.722 bits per heavy atom. The van der Waals surface area contributed by atoms with Crippen molar-refractivity contribution < 1.29 is 25.3 Å². The fraction of sp³-hybridized carbons (Fsp3) is 0. The number of primary sulfonamides is 3. The van der Waals surface area contributed by atoms with Gasteiger partial charge in [-0.2, -0.15) is 0 Å². The molecular formula is C6H9N3O6S3. The lowest BCUT2D eigenvalue weighted by atomic mass is 10.4. The first kappa shape index (κ1) is 15.0. The van der Waals surface area contributed by atoms with Gasteiger partial charge in [0.05, 0.1) is 14.7 Å². The van der Waals surface area contributed by atoms with E-state index in [1.807, 2.05) is 0 Å². The Kier molecular flexibility index (Phi) is 3.55. The van der Waals surface area contributed by atoms with Gasteiger partial charge in [-0.3, -0.25) is 0 Å². The summed E-state index contributed by atoms with van der Waals surface area (Å²) in [6, 6.07) is 1.91. The molecule has 0 aromatic heterocycles. The maximum Gasteiger partial charge on any atom is 0.238 e. The highest BCUT2D eigenvalue weighted by atomic mass is 32.2. The number of nitrogens with two attached hydrogens (primary N) is 3. The van der Waals surface area contributed by atoms with Gasteiger partial charge in [-0.15, -0.1) is 0 Å². The van der Waals surface area contributed by atoms with Crippen molar-refractivity contribution in [2.75, 3.05) is 0 Å². The first-order chi connectivity index (χ1) is 7.82. The molecule has 1 aromatic carbocycles. The van der Waals surface area contributed by atoms with Crippen LogP contribution in [-0.2, 0) is 30.1 Å². The zero-order valence-corrected chi connectivity index (χ0v) is 11.1. The van der Waals surface area contributed by atoms with Gasteiger partial charge in [0.15, 0.2) is 0 Å². The van der Waals surface area contributed by atoms with Gasteiger partial charge in [0.25, 0.3) is 0 Å². The highest BCUT2D eigenvalue weighted by Gasteiger charge is 2.20. The van der Waals surface area contributed by atoms with Crippen LogP contribution < -0.4 is 15.4 Å². The molecule has 18 heavy (non-hydrogen) atoms. The molecule has 9 nitrogen and oxygen atoms in total. The van der Waals surface area contributed by atoms with Crippen molar-refractivity contribution in [3.63, 3.8) is 0 Å². The molecule has 0 radical (unpaired) electrons. The normalized spacial score (nSPS) is 13.5. The van der Waals surface area contributed by atoms with Crippen LogP contribution in [0.3, 0.4) is 0 Å². The SMILES string of the molecule is NS(=O)(=O)c1cc(S(N)(=O)=O)cc(S(N)(=O)=O)c1. The van der Waals surface area contributed by atoms with Crippen LogP contribution in [0.1, 0.15) is 0 Å². The lowest BCUT2D eigenvalue weighted by Crippen LogP contribution is -2.19. The Labute approximate surface area is 104 Å². The molecule has 0 bridgehead atoms. The molecule has 0 saturated carbocycles. The van der Waals surface area contributed by atoms with Crippen molar-refractivity contribution in [3.05, 3.63) is 18.2 Å². The third-order valence-electron chi connectivity index (χ3n) is 1.84. The number of rotatable bonds is 3. The van der Waals surface area contributed by atoms with Gasteiger partial charge in [-0.1, -0.05) is 0 Å². The number of sulfonamides is 3. The number of benzene rings is 1. The van der Waals surface area contributed by atoms with E-state index < -0.39 is 44.8 Å². The molecule has 1 aromatic rings. The predicted molar refractivity (Wildman–Crippen MR) is 60.6 cm³/mol. The van der Waals surface area contributed by atoms with Crippen LogP contribution in [-0.4, -0.2) is 25.3 Å². The van der Waals surface area contributed by atoms with Crippen LogP contribution in [0.25, 0.3) is 0 Å². The highest BCUT2D eigenvalue weighted by Crippen LogP contribution is 2.19. The molecule has 12 heteroatoms. The summed E-state index contributed by atoms with van der Waals surface area (Å²) in [7, 11) is -12.9. The van der Waals surface area contributed by atoms with Gasteiger partial charge in [-0.05, 0) is 18.2 Å². The average molecular weight is 315 g/mol. The summed E-state index contributed by atoms with van der Waals surface area (Å²) in [4.78, 5) is -2.17. The summed E-state index contributed by atoms with van der Waals surface area (Å²) in [6.45, 7) is 0. The fourth-order valence-corrected chi connectivity index (χ4v) is 3.01. The van der Waals surface area contributed by atoms with Crippen LogP contribution in [0.2, 0.25) is 0 Å². The van der Waals surface area contributed by atoms with Crippen LogP contribution in [0.15, 0.2) is 32.9 Å². The maximum absolute atomic E-state index is 11.1. The molecule has 0 unspecified atom stereocenters. The molecule has 0 spiro atoms. The van der Waals surface area contributed by atoms with Gasteiger partial charge in [0, 0.05) is 0 Å². The van der Waals surface area contributed by atoms with Crippen LogP contribution in [0.4, 0.5) is 0 Å². The van der Waals surface area contributed by atoms with Crippen molar-refractivity contribution in [2.24, 2.45) is 15.4 Å². The molecule has 6 N–H and O–H groups in total. The number of hydrogen-bond donors (Lipinski definition) is 3. The van der Waals surface area contributed by atoms with E-state index in [0.717, 1.165) is 0 Å². The minimum atomic E-state index is -4.31. The molecule has 0 amide bonds. The first-order valence-corrected chi connectivity index (χ1v) is 8.69. The molecule has 0 saturated heterocycles. The van der Waals surface area contributed by atoms with Gasteiger partial charge < -0.3 is 0 Å². The second-order valence-electron chi connectivity index (χ2n) is 3.28. The third-order valence-corrected chi connectivity index (χ3v) is 4.52. The number of hydrogen-bond acceptors (Lipinski definition) is 6. The lowest BCUT2D eigenvalue weighted by Gasteiger charge is -2.05. The summed E-state index contributed by atoms with van der Waals surface area (Å²) in [5.74, 6) is 0. The summed E-state index contributed by atoms with van der Waals surface area (Å²) in [5.41, 5.74) is 0. The molecule has 0 atom stereocenters. The van der Waals surface area contributed by atoms with E-state index in [-0.39, 0.29) is 0 Å². The largest absolute Gasteiger partial charge is 0.238 e. The molecule has 0 heterocycles. The highest BCUT2D eigenvalue weighted by molar-refractivity contribution is 7.90. The Morgan fingerprint density at radius 3 is 0.833 bits per heavy atom. The summed E-state index contributed by atoms with van der Waals surface area (Å²) >= 11 is 0. The van der Waals surface area contributed by atoms with Crippen LogP contribution >= 0.6 is 0 Å². The molecule has 1 rings (SSSR count). The zero-order valence-electron chi connectivity index (χ0n) is 8.64. The smallest absolute Gasteiger partial charge is 0.225 e. The Hall–Kier alpha value is -1.05. The summed E-state index contributed by atoms with van der Waals surface area (Å²) < 4.78 is 66.6. The van der Waals surface area contributed by atoms with Gasteiger partial charge in [-0.25, -0.2) is 40.7 Å². The van der Waals surface area contributed by atoms with Crippen molar-refractivity contribution in [3.8, 4) is 0 Å². The van der Waals surface area contributed by atoms with E-state index in [1.165, 1.54) is 0 Å². The molecule has 0 aliphatic rings. The summed E-state index contributed by atoms with van der Waals surface area (Å²) in [6.07, 6.45) is 0. The molecule has 0 fully saturated rings. The Morgan fingerprint density at radius 1 is 0.556 bits per heavy atom. The Balaban J connectivity index is 3.82. The van der Waals surface area contributed by atoms with Crippen molar-refractivity contribution >= 4 is 30.1 Å². The summed E-state index contributed by atoms with van der Waals surface area (Å²) in [5, 5.41) is 14.3. The topological polar surface area (TPSA) is 180 Å². The minimum absolute atomic E-state index is 0.638. The lowest BCUT2D eigenvalue weighted by molar-refractivity contribution is 0.593. The first-order valence-electron chi connectivity index (χ1n) is 4.05. The Bertz CT molecular complexity index is 671. The van der Waals surface area contributed by atoms with E-state index in [0.29, 0.717) is 18.2 Å². The second-order valence-corrected chi connectivity index (χ2v) is 7.96. The molecule has 0 aliphatic carbocycles. The standard InChI is InChI=1S/C6H9N3O6S3/c7-16(10,11)4-1-5(17(8,12)13)3-6(2-4)18(9,14)15/h1-3H,(H2,7,10,11)(H2,8,12,13)(H2,9,14,15). The van der Waals surface area contributed by atoms with Gasteiger partial charge in [0.2, 0.25) is 30.1 Å². The predicted octanol–water partition coefficient (Wildman–Crippen LogP) is -2.37. The average Bonchev–Trinajstić information content (AvgIpc) is 2.13. The van der Waals surface area contributed by atoms with Crippen LogP contribution in [0.5, 0.6) is 0 Å². The molecule has 102 valence electrons. The van der Waals surface area contributed by atoms with Gasteiger partial charge >= 0.3 is 0 Å². The fourth-order valence-electron chi connectivity index (χ4n) is 1.04. The molecule has 0 aliphatic heterocycles. The zero-order chi connectivity index (χ0) is 14.4. The minimum Gasteiger partial charge on any atom is -0.225 e. The third kappa shape index (κ3) is 3.47. The quantitative estimate of drug-likeness (QED) is 0.560. The van der Waals surface area contributed by atoms with Crippen molar-refractivity contribution in [2.45, 2.75) is 14.7 Å². The van der Waals surface area contributed by atoms with E-state index >= 15 is 0 Å². The van der Waals surface area contributed by atoms with Crippen LogP contribution in [0, 0.1) is 0 Å². The monoisotopic (exact) mass is 315 g/mol. The van der Waals surface area contributed by atoms with E-state index in [9.17, 15) is 25.3 Å². The van der Waals surface area contributed by atoms with E-state index in [4.69, 9.17) is 15.4 Å². The van der Waals surface area contributed by atoms with Crippen molar-refractivity contribution in [1.29, 1.82) is 0 Å². The van der Waals surface area contributed by atoms with Crippen molar-refractivity contribution in [1.82, 2.24) is 0 Å². The van der Waals surface area contributed by atoms with E-state index in [1.54, 1.807) is 0 Å². The maximum atomic E-state index is 11.1.